The molecule has 0 atom stereocenters. The monoisotopic (exact) mass is 538 g/mol. The molecule has 2 aromatic rings. The van der Waals surface area contributed by atoms with Crippen molar-refractivity contribution in [3.05, 3.63) is 57.8 Å². The number of nitrogens with zero attached hydrogens (tertiary/aromatic N) is 1. The van der Waals surface area contributed by atoms with Gasteiger partial charge < -0.3 is 19.5 Å². The number of morpholine rings is 1. The highest BCUT2D eigenvalue weighted by Gasteiger charge is 2.13. The Morgan fingerprint density at radius 1 is 1.06 bits per heavy atom. The molecule has 1 saturated heterocycles. The van der Waals surface area contributed by atoms with E-state index in [0.717, 1.165) is 61.5 Å². The summed E-state index contributed by atoms with van der Waals surface area (Å²) >= 11 is 3.61. The summed E-state index contributed by atoms with van der Waals surface area (Å²) in [6.45, 7) is 9.18. The minimum Gasteiger partial charge on any atom is -0.490 e. The van der Waals surface area contributed by atoms with Crippen molar-refractivity contribution in [2.45, 2.75) is 20.1 Å². The van der Waals surface area contributed by atoms with Crippen molar-refractivity contribution in [1.29, 1.82) is 0 Å². The molecule has 174 valence electrons. The smallest absolute Gasteiger partial charge is 0.175 e. The predicted molar refractivity (Wildman–Crippen MR) is 130 cm³/mol. The molecule has 5 nitrogen and oxygen atoms in total. The molecule has 3 rings (SSSR count). The van der Waals surface area contributed by atoms with Gasteiger partial charge in [-0.3, -0.25) is 4.90 Å². The van der Waals surface area contributed by atoms with E-state index in [-0.39, 0.29) is 30.6 Å². The maximum Gasteiger partial charge on any atom is 0.175 e. The molecule has 0 amide bonds. The molecule has 31 heavy (non-hydrogen) atoms. The Morgan fingerprint density at radius 2 is 1.77 bits per heavy atom. The summed E-state index contributed by atoms with van der Waals surface area (Å²) in [7, 11) is 0. The van der Waals surface area contributed by atoms with Crippen LogP contribution in [0.25, 0.3) is 0 Å². The van der Waals surface area contributed by atoms with E-state index < -0.39 is 0 Å². The Labute approximate surface area is 204 Å². The Hall–Kier alpha value is -1.09. The first kappa shape index (κ1) is 27.9. The standard InChI is InChI=1S/C22H28BrFN2O3.2ClH/c1-2-28-21-14-18(15-25-7-8-26-9-11-27-12-10-26)13-20(23)22(21)29-16-17-3-5-19(24)6-4-17;;/h3-6,13-14,25H,2,7-12,15-16H2,1H3;2*1H. The molecular formula is C22H30BrCl2FN2O3. The van der Waals surface area contributed by atoms with Crippen molar-refractivity contribution in [2.75, 3.05) is 46.0 Å². The summed E-state index contributed by atoms with van der Waals surface area (Å²) in [6.07, 6.45) is 0. The lowest BCUT2D eigenvalue weighted by Gasteiger charge is -2.26. The third-order valence-electron chi connectivity index (χ3n) is 4.70. The minimum atomic E-state index is -0.254. The van der Waals surface area contributed by atoms with Gasteiger partial charge in [0.25, 0.3) is 0 Å². The highest BCUT2D eigenvalue weighted by Crippen LogP contribution is 2.37. The lowest BCUT2D eigenvalue weighted by molar-refractivity contribution is 0.0384. The molecule has 0 saturated carbocycles. The average Bonchev–Trinajstić information content (AvgIpc) is 2.73. The molecule has 0 aromatic heterocycles. The van der Waals surface area contributed by atoms with Crippen LogP contribution in [0.2, 0.25) is 0 Å². The molecule has 0 bridgehead atoms. The highest BCUT2D eigenvalue weighted by molar-refractivity contribution is 9.10. The first-order valence-corrected chi connectivity index (χ1v) is 10.8. The van der Waals surface area contributed by atoms with Crippen LogP contribution in [0, 0.1) is 5.82 Å². The van der Waals surface area contributed by atoms with Crippen LogP contribution in [0.3, 0.4) is 0 Å². The normalized spacial score (nSPS) is 13.8. The molecule has 1 aliphatic rings. The molecule has 0 unspecified atom stereocenters. The summed E-state index contributed by atoms with van der Waals surface area (Å²) in [5, 5.41) is 3.49. The third kappa shape index (κ3) is 9.12. The molecule has 1 N–H and O–H groups in total. The van der Waals surface area contributed by atoms with E-state index >= 15 is 0 Å². The fourth-order valence-electron chi connectivity index (χ4n) is 3.16. The Balaban J connectivity index is 0.00000240. The second-order valence-corrected chi connectivity index (χ2v) is 7.74. The van der Waals surface area contributed by atoms with Crippen LogP contribution in [0.5, 0.6) is 11.5 Å². The Bertz CT molecular complexity index is 778. The second-order valence-electron chi connectivity index (χ2n) is 6.88. The van der Waals surface area contributed by atoms with E-state index in [0.29, 0.717) is 24.7 Å². The van der Waals surface area contributed by atoms with Crippen molar-refractivity contribution < 1.29 is 18.6 Å². The first-order valence-electron chi connectivity index (χ1n) is 9.99. The Morgan fingerprint density at radius 3 is 2.45 bits per heavy atom. The van der Waals surface area contributed by atoms with Gasteiger partial charge in [0.15, 0.2) is 11.5 Å². The second kappa shape index (κ2) is 14.9. The number of benzene rings is 2. The van der Waals surface area contributed by atoms with Gasteiger partial charge in [-0.1, -0.05) is 12.1 Å². The topological polar surface area (TPSA) is 43.0 Å². The number of halogens is 4. The molecule has 0 radical (unpaired) electrons. The van der Waals surface area contributed by atoms with Gasteiger partial charge in [-0.2, -0.15) is 0 Å². The summed E-state index contributed by atoms with van der Waals surface area (Å²) in [4.78, 5) is 2.41. The average molecular weight is 540 g/mol. The molecular weight excluding hydrogens is 510 g/mol. The van der Waals surface area contributed by atoms with Crippen LogP contribution in [-0.4, -0.2) is 50.9 Å². The fourth-order valence-corrected chi connectivity index (χ4v) is 3.76. The fraction of sp³-hybridized carbons (Fsp3) is 0.455. The minimum absolute atomic E-state index is 0. The van der Waals surface area contributed by atoms with E-state index in [9.17, 15) is 4.39 Å². The molecule has 1 fully saturated rings. The largest absolute Gasteiger partial charge is 0.490 e. The molecule has 1 heterocycles. The molecule has 0 aliphatic carbocycles. The van der Waals surface area contributed by atoms with Crippen LogP contribution in [-0.2, 0) is 17.9 Å². The van der Waals surface area contributed by atoms with Crippen molar-refractivity contribution in [2.24, 2.45) is 0 Å². The van der Waals surface area contributed by atoms with Crippen molar-refractivity contribution >= 4 is 40.7 Å². The zero-order valence-corrected chi connectivity index (χ0v) is 20.8. The van der Waals surface area contributed by atoms with Gasteiger partial charge >= 0.3 is 0 Å². The SMILES string of the molecule is CCOc1cc(CNCCN2CCOCC2)cc(Br)c1OCc1ccc(F)cc1.Cl.Cl. The lowest BCUT2D eigenvalue weighted by atomic mass is 10.2. The van der Waals surface area contributed by atoms with Gasteiger partial charge in [-0.15, -0.1) is 24.8 Å². The molecule has 9 heteroatoms. The predicted octanol–water partition coefficient (Wildman–Crippen LogP) is 4.83. The molecule has 1 aliphatic heterocycles. The molecule has 0 spiro atoms. The number of hydrogen-bond acceptors (Lipinski definition) is 5. The van der Waals surface area contributed by atoms with E-state index in [1.54, 1.807) is 12.1 Å². The van der Waals surface area contributed by atoms with Crippen LogP contribution in [0.15, 0.2) is 40.9 Å². The highest BCUT2D eigenvalue weighted by atomic mass is 79.9. The van der Waals surface area contributed by atoms with Crippen LogP contribution < -0.4 is 14.8 Å². The maximum absolute atomic E-state index is 13.1. The van der Waals surface area contributed by atoms with Gasteiger partial charge in [0.05, 0.1) is 24.3 Å². The van der Waals surface area contributed by atoms with Crippen LogP contribution in [0.1, 0.15) is 18.1 Å². The van der Waals surface area contributed by atoms with E-state index in [1.807, 2.05) is 19.1 Å². The first-order chi connectivity index (χ1) is 14.2. The van der Waals surface area contributed by atoms with Crippen molar-refractivity contribution in [1.82, 2.24) is 10.2 Å². The van der Waals surface area contributed by atoms with E-state index in [1.165, 1.54) is 12.1 Å². The summed E-state index contributed by atoms with van der Waals surface area (Å²) < 4.78 is 31.1. The number of ether oxygens (including phenoxy) is 3. The van der Waals surface area contributed by atoms with Gasteiger partial charge in [-0.05, 0) is 58.2 Å². The number of hydrogen-bond donors (Lipinski definition) is 1. The summed E-state index contributed by atoms with van der Waals surface area (Å²) in [5.74, 6) is 1.11. The zero-order chi connectivity index (χ0) is 20.5. The summed E-state index contributed by atoms with van der Waals surface area (Å²) in [5.41, 5.74) is 2.02. The van der Waals surface area contributed by atoms with Crippen molar-refractivity contribution in [3.63, 3.8) is 0 Å². The van der Waals surface area contributed by atoms with Crippen molar-refractivity contribution in [3.8, 4) is 11.5 Å². The maximum atomic E-state index is 13.1. The Kier molecular flexibility index (Phi) is 13.4. The van der Waals surface area contributed by atoms with Gasteiger partial charge in [0.2, 0.25) is 0 Å². The van der Waals surface area contributed by atoms with E-state index in [4.69, 9.17) is 14.2 Å². The zero-order valence-electron chi connectivity index (χ0n) is 17.6. The summed E-state index contributed by atoms with van der Waals surface area (Å²) in [6, 6.07) is 10.4. The molecule has 2 aromatic carbocycles. The lowest BCUT2D eigenvalue weighted by Crippen LogP contribution is -2.40. The van der Waals surface area contributed by atoms with Gasteiger partial charge in [-0.25, -0.2) is 4.39 Å². The quantitative estimate of drug-likeness (QED) is 0.438. The third-order valence-corrected chi connectivity index (χ3v) is 5.29. The van der Waals surface area contributed by atoms with E-state index in [2.05, 4.69) is 26.1 Å². The van der Waals surface area contributed by atoms with Crippen LogP contribution >= 0.6 is 40.7 Å². The van der Waals surface area contributed by atoms with Gasteiger partial charge in [0.1, 0.15) is 12.4 Å². The number of nitrogens with one attached hydrogen (secondary N) is 1. The van der Waals surface area contributed by atoms with Crippen LogP contribution in [0.4, 0.5) is 4.39 Å². The van der Waals surface area contributed by atoms with Gasteiger partial charge in [0, 0.05) is 32.7 Å². The number of rotatable bonds is 10.